The Kier molecular flexibility index (Phi) is 14.1. The van der Waals surface area contributed by atoms with E-state index in [-0.39, 0.29) is 35.6 Å². The number of aromatic nitrogens is 1. The van der Waals surface area contributed by atoms with E-state index in [1.165, 1.54) is 0 Å². The molecule has 1 aromatic heterocycles. The van der Waals surface area contributed by atoms with Crippen molar-refractivity contribution in [3.05, 3.63) is 96.3 Å². The first kappa shape index (κ1) is 38.5. The number of benzene rings is 2. The molecule has 12 heteroatoms. The van der Waals surface area contributed by atoms with E-state index < -0.39 is 29.9 Å². The number of nitrogens with zero attached hydrogens (tertiary/aromatic N) is 2. The fourth-order valence-electron chi connectivity index (χ4n) is 5.73. The van der Waals surface area contributed by atoms with Crippen molar-refractivity contribution in [1.82, 2.24) is 31.2 Å². The minimum atomic E-state index is -1.25. The summed E-state index contributed by atoms with van der Waals surface area (Å²) in [7, 11) is 0. The second-order valence-electron chi connectivity index (χ2n) is 14.3. The highest BCUT2D eigenvalue weighted by Crippen LogP contribution is 2.20. The number of piperidine rings is 1. The van der Waals surface area contributed by atoms with Gasteiger partial charge in [-0.2, -0.15) is 0 Å². The summed E-state index contributed by atoms with van der Waals surface area (Å²) < 4.78 is 0. The van der Waals surface area contributed by atoms with Gasteiger partial charge in [-0.3, -0.25) is 24.2 Å². The summed E-state index contributed by atoms with van der Waals surface area (Å²) >= 11 is 0. The van der Waals surface area contributed by atoms with Crippen molar-refractivity contribution >= 4 is 35.3 Å². The van der Waals surface area contributed by atoms with Gasteiger partial charge in [0.25, 0.3) is 0 Å². The lowest BCUT2D eigenvalue weighted by atomic mass is 9.96. The van der Waals surface area contributed by atoms with Crippen molar-refractivity contribution in [3.63, 3.8) is 0 Å². The minimum absolute atomic E-state index is 0.141. The molecule has 1 aliphatic rings. The number of pyridine rings is 1. The van der Waals surface area contributed by atoms with Crippen molar-refractivity contribution in [2.75, 3.05) is 25.0 Å². The van der Waals surface area contributed by atoms with Crippen LogP contribution in [0.15, 0.2) is 85.2 Å². The summed E-state index contributed by atoms with van der Waals surface area (Å²) in [5, 5.41) is 14.3. The number of likely N-dealkylation sites (tertiary alicyclic amines) is 1. The van der Waals surface area contributed by atoms with Gasteiger partial charge in [0, 0.05) is 31.7 Å². The molecule has 12 nitrogen and oxygen atoms in total. The van der Waals surface area contributed by atoms with Crippen LogP contribution in [-0.2, 0) is 25.6 Å². The summed E-state index contributed by atoms with van der Waals surface area (Å²) in [4.78, 5) is 72.6. The first-order valence-electron chi connectivity index (χ1n) is 17.6. The molecule has 3 aromatic rings. The summed E-state index contributed by atoms with van der Waals surface area (Å²) in [5.41, 5.74) is 2.33. The van der Waals surface area contributed by atoms with E-state index in [0.29, 0.717) is 51.0 Å². The number of hydrogen-bond donors (Lipinski definition) is 5. The molecule has 3 atom stereocenters. The van der Waals surface area contributed by atoms with Crippen LogP contribution < -0.4 is 26.6 Å². The van der Waals surface area contributed by atoms with Crippen LogP contribution >= 0.6 is 0 Å². The molecule has 0 unspecified atom stereocenters. The van der Waals surface area contributed by atoms with Gasteiger partial charge < -0.3 is 31.5 Å². The summed E-state index contributed by atoms with van der Waals surface area (Å²) in [6, 6.07) is 19.6. The van der Waals surface area contributed by atoms with Crippen molar-refractivity contribution in [2.24, 2.45) is 11.3 Å². The van der Waals surface area contributed by atoms with Gasteiger partial charge in [0.05, 0.1) is 24.3 Å². The average Bonchev–Trinajstić information content (AvgIpc) is 3.13. The van der Waals surface area contributed by atoms with Gasteiger partial charge in [0.15, 0.2) is 0 Å². The number of carbonyl (C=O) groups excluding carboxylic acids is 5. The Morgan fingerprint density at radius 1 is 0.824 bits per heavy atom. The highest BCUT2D eigenvalue weighted by atomic mass is 16.2. The minimum Gasteiger partial charge on any atom is -0.355 e. The molecule has 5 N–H and O–H groups in total. The van der Waals surface area contributed by atoms with Crippen molar-refractivity contribution in [2.45, 2.75) is 77.9 Å². The molecule has 1 saturated heterocycles. The predicted molar refractivity (Wildman–Crippen MR) is 196 cm³/mol. The van der Waals surface area contributed by atoms with Gasteiger partial charge >= 0.3 is 6.03 Å². The van der Waals surface area contributed by atoms with Crippen LogP contribution in [0.4, 0.5) is 10.5 Å². The standard InChI is InChI=1S/C39H51N7O5/c1-27(29-14-9-6-10-15-29)42-36(49)32(18-17-28-12-7-5-8-13-28)44-37(50)33(24-34(47)41-26-39(2,3)4)45-38(51)46-22-19-30(20-23-46)35(48)43-31-16-11-21-40-25-31/h5-16,21,25,27,30,32-33H,17-20,22-24,26H2,1-4H3,(H,41,47)(H,42,49)(H,43,48)(H,44,50)(H,45,51)/t27-,32+,33+/m1/s1. The topological polar surface area (TPSA) is 162 Å². The zero-order valence-electron chi connectivity index (χ0n) is 30.0. The van der Waals surface area contributed by atoms with Gasteiger partial charge in [-0.05, 0) is 61.3 Å². The molecule has 4 rings (SSSR count). The first-order chi connectivity index (χ1) is 24.4. The SMILES string of the molecule is C[C@@H](NC(=O)[C@H](CCc1ccccc1)NC(=O)[C@H](CC(=O)NCC(C)(C)C)NC(=O)N1CCC(C(=O)Nc2cccnc2)CC1)c1ccccc1. The molecule has 272 valence electrons. The predicted octanol–water partition coefficient (Wildman–Crippen LogP) is 4.36. The fourth-order valence-corrected chi connectivity index (χ4v) is 5.73. The van der Waals surface area contributed by atoms with Crippen LogP contribution in [-0.4, -0.2) is 71.3 Å². The molecule has 6 amide bonds. The quantitative estimate of drug-likeness (QED) is 0.168. The first-order valence-corrected chi connectivity index (χ1v) is 17.6. The van der Waals surface area contributed by atoms with E-state index in [9.17, 15) is 24.0 Å². The maximum atomic E-state index is 13.9. The van der Waals surface area contributed by atoms with Crippen LogP contribution in [0.3, 0.4) is 0 Å². The Balaban J connectivity index is 1.44. The molecule has 0 saturated carbocycles. The third kappa shape index (κ3) is 12.9. The van der Waals surface area contributed by atoms with Crippen LogP contribution in [0.2, 0.25) is 0 Å². The lowest BCUT2D eigenvalue weighted by molar-refractivity contribution is -0.132. The Hall–Kier alpha value is -5.26. The number of rotatable bonds is 14. The molecule has 0 spiro atoms. The summed E-state index contributed by atoms with van der Waals surface area (Å²) in [6.45, 7) is 8.77. The molecular weight excluding hydrogens is 646 g/mol. The van der Waals surface area contributed by atoms with E-state index >= 15 is 0 Å². The zero-order valence-corrected chi connectivity index (χ0v) is 30.0. The van der Waals surface area contributed by atoms with Gasteiger partial charge in [-0.15, -0.1) is 0 Å². The van der Waals surface area contributed by atoms with E-state index in [2.05, 4.69) is 31.6 Å². The zero-order chi connectivity index (χ0) is 36.8. The molecule has 1 aliphatic heterocycles. The third-order valence-electron chi connectivity index (χ3n) is 8.76. The number of carbonyl (C=O) groups is 5. The van der Waals surface area contributed by atoms with Crippen LogP contribution in [0.5, 0.6) is 0 Å². The molecule has 0 aliphatic carbocycles. The van der Waals surface area contributed by atoms with Crippen LogP contribution in [0.1, 0.15) is 70.5 Å². The lowest BCUT2D eigenvalue weighted by Crippen LogP contribution is -2.57. The number of urea groups is 1. The Morgan fingerprint density at radius 3 is 2.10 bits per heavy atom. The van der Waals surface area contributed by atoms with E-state index in [1.54, 1.807) is 29.4 Å². The monoisotopic (exact) mass is 697 g/mol. The molecule has 2 aromatic carbocycles. The Bertz CT molecular complexity index is 1590. The van der Waals surface area contributed by atoms with E-state index in [0.717, 1.165) is 11.1 Å². The fraction of sp³-hybridized carbons (Fsp3) is 0.436. The van der Waals surface area contributed by atoms with Gasteiger partial charge in [-0.25, -0.2) is 4.79 Å². The normalized spacial score (nSPS) is 15.1. The van der Waals surface area contributed by atoms with E-state index in [4.69, 9.17) is 0 Å². The number of anilines is 1. The summed E-state index contributed by atoms with van der Waals surface area (Å²) in [5.74, 6) is -1.85. The second-order valence-corrected chi connectivity index (χ2v) is 14.3. The van der Waals surface area contributed by atoms with Crippen molar-refractivity contribution < 1.29 is 24.0 Å². The van der Waals surface area contributed by atoms with Gasteiger partial charge in [0.1, 0.15) is 12.1 Å². The number of nitrogens with one attached hydrogen (secondary N) is 5. The third-order valence-corrected chi connectivity index (χ3v) is 8.76. The smallest absolute Gasteiger partial charge is 0.318 e. The molecule has 51 heavy (non-hydrogen) atoms. The maximum absolute atomic E-state index is 13.9. The molecule has 2 heterocycles. The van der Waals surface area contributed by atoms with Crippen molar-refractivity contribution in [3.8, 4) is 0 Å². The van der Waals surface area contributed by atoms with Crippen LogP contribution in [0.25, 0.3) is 0 Å². The Labute approximate surface area is 300 Å². The highest BCUT2D eigenvalue weighted by Gasteiger charge is 2.33. The molecular formula is C39H51N7O5. The molecule has 0 bridgehead atoms. The molecule has 0 radical (unpaired) electrons. The summed E-state index contributed by atoms with van der Waals surface area (Å²) in [6.07, 6.45) is 4.57. The molecule has 1 fully saturated rings. The number of aryl methyl sites for hydroxylation is 1. The maximum Gasteiger partial charge on any atom is 0.318 e. The van der Waals surface area contributed by atoms with Gasteiger partial charge in [-0.1, -0.05) is 81.4 Å². The largest absolute Gasteiger partial charge is 0.355 e. The Morgan fingerprint density at radius 2 is 1.47 bits per heavy atom. The lowest BCUT2D eigenvalue weighted by Gasteiger charge is -2.33. The number of hydrogen-bond acceptors (Lipinski definition) is 6. The van der Waals surface area contributed by atoms with Crippen molar-refractivity contribution in [1.29, 1.82) is 0 Å². The van der Waals surface area contributed by atoms with Crippen LogP contribution in [0, 0.1) is 11.3 Å². The van der Waals surface area contributed by atoms with Gasteiger partial charge in [0.2, 0.25) is 23.6 Å². The number of amides is 6. The second kappa shape index (κ2) is 18.7. The van der Waals surface area contributed by atoms with E-state index in [1.807, 2.05) is 88.4 Å². The highest BCUT2D eigenvalue weighted by molar-refractivity contribution is 5.95. The average molecular weight is 698 g/mol.